The van der Waals surface area contributed by atoms with Gasteiger partial charge in [-0.05, 0) is 37.9 Å². The largest absolute Gasteiger partial charge is 0.369 e. The smallest absolute Gasteiger partial charge is 0.0963 e. The van der Waals surface area contributed by atoms with Crippen molar-refractivity contribution in [2.45, 2.75) is 52.2 Å². The van der Waals surface area contributed by atoms with E-state index in [1.54, 1.807) is 0 Å². The molecule has 0 amide bonds. The molecule has 2 unspecified atom stereocenters. The SMILES string of the molecule is CCCNCC(OC(C)CCC)c1ccccc1Br. The second kappa shape index (κ2) is 9.51. The lowest BCUT2D eigenvalue weighted by molar-refractivity contribution is -0.00748. The van der Waals surface area contributed by atoms with Gasteiger partial charge in [-0.3, -0.25) is 0 Å². The van der Waals surface area contributed by atoms with E-state index in [0.29, 0.717) is 6.10 Å². The fraction of sp³-hybridized carbons (Fsp3) is 0.625. The van der Waals surface area contributed by atoms with Crippen LogP contribution in [0, 0.1) is 0 Å². The summed E-state index contributed by atoms with van der Waals surface area (Å²) < 4.78 is 7.34. The fourth-order valence-electron chi connectivity index (χ4n) is 2.13. The van der Waals surface area contributed by atoms with Crippen molar-refractivity contribution in [3.8, 4) is 0 Å². The zero-order chi connectivity index (χ0) is 14.1. The van der Waals surface area contributed by atoms with Crippen molar-refractivity contribution < 1.29 is 4.74 Å². The number of rotatable bonds is 9. The Morgan fingerprint density at radius 2 is 1.95 bits per heavy atom. The Balaban J connectivity index is 2.71. The Kier molecular flexibility index (Phi) is 8.35. The van der Waals surface area contributed by atoms with Crippen molar-refractivity contribution in [3.63, 3.8) is 0 Å². The molecule has 1 N–H and O–H groups in total. The zero-order valence-corrected chi connectivity index (χ0v) is 13.9. The highest BCUT2D eigenvalue weighted by molar-refractivity contribution is 9.10. The summed E-state index contributed by atoms with van der Waals surface area (Å²) in [7, 11) is 0. The quantitative estimate of drug-likeness (QED) is 0.664. The molecular weight excluding hydrogens is 302 g/mol. The number of hydrogen-bond acceptors (Lipinski definition) is 2. The van der Waals surface area contributed by atoms with Gasteiger partial charge in [0, 0.05) is 11.0 Å². The molecule has 1 aromatic rings. The van der Waals surface area contributed by atoms with Gasteiger partial charge in [-0.2, -0.15) is 0 Å². The minimum absolute atomic E-state index is 0.115. The van der Waals surface area contributed by atoms with Crippen molar-refractivity contribution in [1.82, 2.24) is 5.32 Å². The van der Waals surface area contributed by atoms with Crippen LogP contribution in [0.1, 0.15) is 51.7 Å². The maximum absolute atomic E-state index is 6.21. The standard InChI is InChI=1S/C16H26BrNO/c1-4-8-13(3)19-16(12-18-11-5-2)14-9-6-7-10-15(14)17/h6-7,9-10,13,16,18H,4-5,8,11-12H2,1-3H3. The predicted molar refractivity (Wildman–Crippen MR) is 85.5 cm³/mol. The van der Waals surface area contributed by atoms with E-state index in [-0.39, 0.29) is 6.10 Å². The molecule has 0 fully saturated rings. The van der Waals surface area contributed by atoms with Gasteiger partial charge in [0.1, 0.15) is 0 Å². The monoisotopic (exact) mass is 327 g/mol. The van der Waals surface area contributed by atoms with Crippen LogP contribution in [-0.2, 0) is 4.74 Å². The van der Waals surface area contributed by atoms with Crippen LogP contribution in [0.3, 0.4) is 0 Å². The lowest BCUT2D eigenvalue weighted by Gasteiger charge is -2.24. The summed E-state index contributed by atoms with van der Waals surface area (Å²) in [6.45, 7) is 8.44. The van der Waals surface area contributed by atoms with Crippen molar-refractivity contribution in [1.29, 1.82) is 0 Å². The third kappa shape index (κ3) is 6.07. The van der Waals surface area contributed by atoms with Gasteiger partial charge in [-0.1, -0.05) is 54.4 Å². The summed E-state index contributed by atoms with van der Waals surface area (Å²) in [5.74, 6) is 0. The minimum atomic E-state index is 0.115. The molecule has 0 aliphatic heterocycles. The van der Waals surface area contributed by atoms with Gasteiger partial charge >= 0.3 is 0 Å². The van der Waals surface area contributed by atoms with Crippen molar-refractivity contribution in [3.05, 3.63) is 34.3 Å². The average Bonchev–Trinajstić information content (AvgIpc) is 2.39. The van der Waals surface area contributed by atoms with Gasteiger partial charge in [-0.25, -0.2) is 0 Å². The van der Waals surface area contributed by atoms with Crippen LogP contribution in [0.15, 0.2) is 28.7 Å². The van der Waals surface area contributed by atoms with Gasteiger partial charge in [-0.15, -0.1) is 0 Å². The summed E-state index contributed by atoms with van der Waals surface area (Å²) in [5.41, 5.74) is 1.23. The Morgan fingerprint density at radius 3 is 2.58 bits per heavy atom. The molecule has 0 saturated carbocycles. The normalized spacial score (nSPS) is 14.3. The molecule has 0 spiro atoms. The molecule has 0 bridgehead atoms. The predicted octanol–water partition coefficient (Wildman–Crippen LogP) is 4.70. The number of nitrogens with one attached hydrogen (secondary N) is 1. The summed E-state index contributed by atoms with van der Waals surface area (Å²) in [4.78, 5) is 0. The molecule has 0 radical (unpaired) electrons. The topological polar surface area (TPSA) is 21.3 Å². The molecular formula is C16H26BrNO. The Hall–Kier alpha value is -0.380. The van der Waals surface area contributed by atoms with Crippen molar-refractivity contribution >= 4 is 15.9 Å². The van der Waals surface area contributed by atoms with Crippen LogP contribution < -0.4 is 5.32 Å². The van der Waals surface area contributed by atoms with E-state index in [1.807, 2.05) is 6.07 Å². The fourth-order valence-corrected chi connectivity index (χ4v) is 2.67. The molecule has 1 rings (SSSR count). The molecule has 2 nitrogen and oxygen atoms in total. The molecule has 3 heteroatoms. The van der Waals surface area contributed by atoms with Crippen LogP contribution in [-0.4, -0.2) is 19.2 Å². The van der Waals surface area contributed by atoms with E-state index < -0.39 is 0 Å². The van der Waals surface area contributed by atoms with E-state index in [0.717, 1.165) is 36.8 Å². The van der Waals surface area contributed by atoms with Gasteiger partial charge in [0.2, 0.25) is 0 Å². The molecule has 0 saturated heterocycles. The zero-order valence-electron chi connectivity index (χ0n) is 12.3. The molecule has 0 aliphatic carbocycles. The maximum atomic E-state index is 6.21. The first-order valence-corrected chi connectivity index (χ1v) is 8.08. The third-order valence-electron chi connectivity index (χ3n) is 3.10. The molecule has 108 valence electrons. The Bertz CT molecular complexity index is 356. The second-order valence-electron chi connectivity index (χ2n) is 4.95. The summed E-state index contributed by atoms with van der Waals surface area (Å²) in [6, 6.07) is 8.33. The van der Waals surface area contributed by atoms with E-state index in [1.165, 1.54) is 5.56 Å². The highest BCUT2D eigenvalue weighted by Gasteiger charge is 2.17. The van der Waals surface area contributed by atoms with Crippen LogP contribution in [0.2, 0.25) is 0 Å². The van der Waals surface area contributed by atoms with E-state index >= 15 is 0 Å². The van der Waals surface area contributed by atoms with E-state index in [2.05, 4.69) is 60.2 Å². The lowest BCUT2D eigenvalue weighted by Crippen LogP contribution is -2.26. The van der Waals surface area contributed by atoms with E-state index in [9.17, 15) is 0 Å². The number of ether oxygens (including phenoxy) is 1. The van der Waals surface area contributed by atoms with Crippen molar-refractivity contribution in [2.75, 3.05) is 13.1 Å². The first-order chi connectivity index (χ1) is 9.19. The van der Waals surface area contributed by atoms with Crippen LogP contribution in [0.5, 0.6) is 0 Å². The molecule has 19 heavy (non-hydrogen) atoms. The summed E-state index contributed by atoms with van der Waals surface area (Å²) in [6.07, 6.45) is 3.82. The van der Waals surface area contributed by atoms with Gasteiger partial charge in [0.25, 0.3) is 0 Å². The molecule has 0 aromatic heterocycles. The second-order valence-corrected chi connectivity index (χ2v) is 5.80. The van der Waals surface area contributed by atoms with Crippen LogP contribution >= 0.6 is 15.9 Å². The van der Waals surface area contributed by atoms with Crippen molar-refractivity contribution in [2.24, 2.45) is 0 Å². The molecule has 1 aromatic carbocycles. The molecule has 0 heterocycles. The number of hydrogen-bond donors (Lipinski definition) is 1. The van der Waals surface area contributed by atoms with Gasteiger partial charge < -0.3 is 10.1 Å². The van der Waals surface area contributed by atoms with Gasteiger partial charge in [0.05, 0.1) is 12.2 Å². The summed E-state index contributed by atoms with van der Waals surface area (Å²) >= 11 is 3.63. The first kappa shape index (κ1) is 16.7. The summed E-state index contributed by atoms with van der Waals surface area (Å²) in [5, 5.41) is 3.46. The van der Waals surface area contributed by atoms with Crippen LogP contribution in [0.4, 0.5) is 0 Å². The third-order valence-corrected chi connectivity index (χ3v) is 3.82. The van der Waals surface area contributed by atoms with Crippen LogP contribution in [0.25, 0.3) is 0 Å². The minimum Gasteiger partial charge on any atom is -0.369 e. The first-order valence-electron chi connectivity index (χ1n) is 7.29. The number of benzene rings is 1. The lowest BCUT2D eigenvalue weighted by atomic mass is 10.1. The Morgan fingerprint density at radius 1 is 1.21 bits per heavy atom. The molecule has 0 aliphatic rings. The highest BCUT2D eigenvalue weighted by atomic mass is 79.9. The average molecular weight is 328 g/mol. The molecule has 2 atom stereocenters. The maximum Gasteiger partial charge on any atom is 0.0963 e. The van der Waals surface area contributed by atoms with Gasteiger partial charge in [0.15, 0.2) is 0 Å². The highest BCUT2D eigenvalue weighted by Crippen LogP contribution is 2.27. The van der Waals surface area contributed by atoms with E-state index in [4.69, 9.17) is 4.74 Å². The number of halogens is 1. The Labute approximate surface area is 126 Å².